The highest BCUT2D eigenvalue weighted by molar-refractivity contribution is 14.1. The topological polar surface area (TPSA) is 15.3 Å². The zero-order chi connectivity index (χ0) is 11.4. The summed E-state index contributed by atoms with van der Waals surface area (Å²) in [6.07, 6.45) is 1.19. The Morgan fingerprint density at radius 2 is 1.83 bits per heavy atom. The lowest BCUT2D eigenvalue weighted by molar-refractivity contribution is 0.169. The number of nitrogens with zero attached hydrogens (tertiary/aromatic N) is 1. The fourth-order valence-corrected chi connectivity index (χ4v) is 3.16. The Kier molecular flexibility index (Phi) is 9.60. The van der Waals surface area contributed by atoms with Crippen molar-refractivity contribution in [3.05, 3.63) is 33.4 Å². The van der Waals surface area contributed by atoms with Crippen LogP contribution in [0.5, 0.6) is 0 Å². The largest absolute Gasteiger partial charge is 0.314 e. The van der Waals surface area contributed by atoms with Crippen LogP contribution in [0.4, 0.5) is 0 Å². The van der Waals surface area contributed by atoms with Crippen LogP contribution in [0.25, 0.3) is 0 Å². The van der Waals surface area contributed by atoms with Gasteiger partial charge in [-0.3, -0.25) is 4.90 Å². The molecule has 0 bridgehead atoms. The lowest BCUT2D eigenvalue weighted by atomic mass is 10.0. The van der Waals surface area contributed by atoms with Crippen molar-refractivity contribution < 1.29 is 0 Å². The van der Waals surface area contributed by atoms with E-state index in [0.717, 1.165) is 13.1 Å². The fourth-order valence-electron chi connectivity index (χ4n) is 2.41. The first kappa shape index (κ1) is 18.4. The minimum atomic E-state index is 0. The van der Waals surface area contributed by atoms with Crippen molar-refractivity contribution in [1.29, 1.82) is 0 Å². The molecule has 0 aromatic heterocycles. The van der Waals surface area contributed by atoms with Crippen LogP contribution in [-0.4, -0.2) is 31.1 Å². The number of piperazine rings is 1. The maximum atomic E-state index is 3.42. The molecule has 1 heterocycles. The molecule has 1 fully saturated rings. The minimum absolute atomic E-state index is 0. The maximum absolute atomic E-state index is 3.42. The van der Waals surface area contributed by atoms with Crippen molar-refractivity contribution in [2.24, 2.45) is 0 Å². The zero-order valence-electron chi connectivity index (χ0n) is 10.6. The molecular weight excluding hydrogens is 382 g/mol. The third-order valence-corrected chi connectivity index (χ3v) is 4.23. The average Bonchev–Trinajstić information content (AvgIpc) is 2.34. The number of halogens is 3. The average molecular weight is 403 g/mol. The number of nitrogens with one attached hydrogen (secondary N) is 1. The molecule has 2 rings (SSSR count). The van der Waals surface area contributed by atoms with Crippen molar-refractivity contribution in [2.75, 3.05) is 26.2 Å². The van der Waals surface area contributed by atoms with E-state index in [4.69, 9.17) is 0 Å². The van der Waals surface area contributed by atoms with Crippen LogP contribution in [0.15, 0.2) is 24.3 Å². The van der Waals surface area contributed by atoms with E-state index in [1.807, 2.05) is 0 Å². The van der Waals surface area contributed by atoms with Crippen molar-refractivity contribution in [1.82, 2.24) is 10.2 Å². The van der Waals surface area contributed by atoms with E-state index in [1.165, 1.54) is 28.6 Å². The molecule has 1 saturated heterocycles. The van der Waals surface area contributed by atoms with Crippen LogP contribution in [0.3, 0.4) is 0 Å². The summed E-state index contributed by atoms with van der Waals surface area (Å²) in [6, 6.07) is 9.35. The summed E-state index contributed by atoms with van der Waals surface area (Å²) in [5.74, 6) is 0. The third-order valence-electron chi connectivity index (χ3n) is 3.24. The first-order chi connectivity index (χ1) is 7.83. The second-order valence-electron chi connectivity index (χ2n) is 4.23. The van der Waals surface area contributed by atoms with Gasteiger partial charge in [0.1, 0.15) is 0 Å². The van der Waals surface area contributed by atoms with Crippen molar-refractivity contribution in [2.45, 2.75) is 19.4 Å². The molecule has 1 N–H and O–H groups in total. The quantitative estimate of drug-likeness (QED) is 0.778. The van der Waals surface area contributed by atoms with Crippen LogP contribution < -0.4 is 5.32 Å². The molecule has 5 heteroatoms. The third kappa shape index (κ3) is 4.53. The second kappa shape index (κ2) is 9.37. The van der Waals surface area contributed by atoms with Crippen molar-refractivity contribution in [3.8, 4) is 0 Å². The first-order valence-corrected chi connectivity index (χ1v) is 7.10. The molecule has 1 aliphatic rings. The Bertz CT molecular complexity index is 344. The predicted octanol–water partition coefficient (Wildman–Crippen LogP) is 3.49. The van der Waals surface area contributed by atoms with E-state index in [9.17, 15) is 0 Å². The molecule has 1 aromatic carbocycles. The van der Waals surface area contributed by atoms with Gasteiger partial charge >= 0.3 is 0 Å². The summed E-state index contributed by atoms with van der Waals surface area (Å²) in [5.41, 5.74) is 1.49. The van der Waals surface area contributed by atoms with E-state index in [0.29, 0.717) is 6.04 Å². The fraction of sp³-hybridized carbons (Fsp3) is 0.538. The van der Waals surface area contributed by atoms with Gasteiger partial charge in [-0.05, 0) is 40.6 Å². The number of hydrogen-bond acceptors (Lipinski definition) is 2. The summed E-state index contributed by atoms with van der Waals surface area (Å²) in [4.78, 5) is 2.61. The Morgan fingerprint density at radius 1 is 1.22 bits per heavy atom. The lowest BCUT2D eigenvalue weighted by Crippen LogP contribution is -2.45. The van der Waals surface area contributed by atoms with Gasteiger partial charge in [-0.15, -0.1) is 24.8 Å². The van der Waals surface area contributed by atoms with Gasteiger partial charge in [-0.2, -0.15) is 0 Å². The summed E-state index contributed by atoms with van der Waals surface area (Å²) in [5, 5.41) is 3.42. The Balaban J connectivity index is 0.00000144. The smallest absolute Gasteiger partial charge is 0.0357 e. The van der Waals surface area contributed by atoms with Crippen LogP contribution in [-0.2, 0) is 0 Å². The maximum Gasteiger partial charge on any atom is 0.0357 e. The molecule has 1 aliphatic heterocycles. The van der Waals surface area contributed by atoms with Gasteiger partial charge in [0.15, 0.2) is 0 Å². The Hall–Kier alpha value is 0.450. The van der Waals surface area contributed by atoms with Crippen LogP contribution in [0, 0.1) is 3.57 Å². The van der Waals surface area contributed by atoms with Crippen molar-refractivity contribution >= 4 is 47.4 Å². The molecule has 104 valence electrons. The van der Waals surface area contributed by atoms with Gasteiger partial charge in [0, 0.05) is 35.8 Å². The molecule has 1 atom stereocenters. The first-order valence-electron chi connectivity index (χ1n) is 6.02. The highest BCUT2D eigenvalue weighted by Crippen LogP contribution is 2.28. The van der Waals surface area contributed by atoms with E-state index in [2.05, 4.69) is 64.0 Å². The minimum Gasteiger partial charge on any atom is -0.314 e. The van der Waals surface area contributed by atoms with Gasteiger partial charge in [0.05, 0.1) is 0 Å². The summed E-state index contributed by atoms with van der Waals surface area (Å²) >= 11 is 2.45. The number of benzene rings is 1. The lowest BCUT2D eigenvalue weighted by Gasteiger charge is -2.35. The van der Waals surface area contributed by atoms with Gasteiger partial charge < -0.3 is 5.32 Å². The Labute approximate surface area is 136 Å². The van der Waals surface area contributed by atoms with Crippen molar-refractivity contribution in [3.63, 3.8) is 0 Å². The number of rotatable bonds is 3. The zero-order valence-corrected chi connectivity index (χ0v) is 14.4. The monoisotopic (exact) mass is 402 g/mol. The molecular formula is C13H21Cl2IN2. The number of hydrogen-bond donors (Lipinski definition) is 1. The normalized spacial score (nSPS) is 17.4. The van der Waals surface area contributed by atoms with E-state index < -0.39 is 0 Å². The highest BCUT2D eigenvalue weighted by Gasteiger charge is 2.21. The molecule has 1 aromatic rings. The van der Waals surface area contributed by atoms with E-state index in [1.54, 1.807) is 0 Å². The Morgan fingerprint density at radius 3 is 2.39 bits per heavy atom. The van der Waals surface area contributed by atoms with Gasteiger partial charge in [-0.25, -0.2) is 0 Å². The molecule has 0 spiro atoms. The van der Waals surface area contributed by atoms with E-state index >= 15 is 0 Å². The van der Waals surface area contributed by atoms with Gasteiger partial charge in [0.25, 0.3) is 0 Å². The molecule has 0 radical (unpaired) electrons. The summed E-state index contributed by atoms with van der Waals surface area (Å²) in [6.45, 7) is 6.88. The summed E-state index contributed by atoms with van der Waals surface area (Å²) < 4.78 is 1.39. The predicted molar refractivity (Wildman–Crippen MR) is 91.1 cm³/mol. The van der Waals surface area contributed by atoms with E-state index in [-0.39, 0.29) is 24.8 Å². The van der Waals surface area contributed by atoms with Crippen LogP contribution in [0.2, 0.25) is 0 Å². The molecule has 2 nitrogen and oxygen atoms in total. The highest BCUT2D eigenvalue weighted by atomic mass is 127. The van der Waals surface area contributed by atoms with Gasteiger partial charge in [0.2, 0.25) is 0 Å². The SMILES string of the molecule is CC[C@H](c1ccccc1I)N1CCNCC1.Cl.Cl. The second-order valence-corrected chi connectivity index (χ2v) is 5.39. The molecule has 0 amide bonds. The molecule has 0 aliphatic carbocycles. The summed E-state index contributed by atoms with van der Waals surface area (Å²) in [7, 11) is 0. The molecule has 18 heavy (non-hydrogen) atoms. The molecule has 0 saturated carbocycles. The van der Waals surface area contributed by atoms with Gasteiger partial charge in [-0.1, -0.05) is 25.1 Å². The molecule has 0 unspecified atom stereocenters. The van der Waals surface area contributed by atoms with Crippen LogP contribution >= 0.6 is 47.4 Å². The van der Waals surface area contributed by atoms with Crippen LogP contribution in [0.1, 0.15) is 24.9 Å². The standard InChI is InChI=1S/C13H19IN2.2ClH/c1-2-13(16-9-7-15-8-10-16)11-5-3-4-6-12(11)14;;/h3-6,13,15H,2,7-10H2,1H3;2*1H/t13-;;/m1../s1.